The minimum atomic E-state index is 0.0740. The second kappa shape index (κ2) is 7.01. The molecule has 0 spiro atoms. The molecule has 1 atom stereocenters. The lowest BCUT2D eigenvalue weighted by molar-refractivity contribution is 0.316. The third-order valence-corrected chi connectivity index (χ3v) is 2.96. The van der Waals surface area contributed by atoms with Crippen molar-refractivity contribution in [3.05, 3.63) is 53.6 Å². The van der Waals surface area contributed by atoms with Crippen molar-refractivity contribution in [1.29, 1.82) is 0 Å². The van der Waals surface area contributed by atoms with Crippen LogP contribution < -0.4 is 10.5 Å². The van der Waals surface area contributed by atoms with E-state index in [9.17, 15) is 0 Å². The Balaban J connectivity index is 1.98. The normalized spacial score (nSPS) is 12.2. The molecule has 0 aliphatic heterocycles. The highest BCUT2D eigenvalue weighted by Crippen LogP contribution is 2.18. The van der Waals surface area contributed by atoms with Gasteiger partial charge in [-0.15, -0.1) is 0 Å². The Morgan fingerprint density at radius 1 is 1.30 bits per heavy atom. The molecule has 2 rings (SSSR count). The fraction of sp³-hybridized carbons (Fsp3) is 0.375. The van der Waals surface area contributed by atoms with Gasteiger partial charge in [-0.25, -0.2) is 0 Å². The van der Waals surface area contributed by atoms with Crippen LogP contribution in [0.15, 0.2) is 36.7 Å². The Bertz CT molecular complexity index is 541. The fourth-order valence-corrected chi connectivity index (χ4v) is 2.01. The molecule has 0 aromatic carbocycles. The number of ether oxygens (including phenoxy) is 1. The smallest absolute Gasteiger partial charge is 0.140 e. The molecule has 106 valence electrons. The molecule has 1 unspecified atom stereocenters. The summed E-state index contributed by atoms with van der Waals surface area (Å²) in [5.41, 5.74) is 8.95. The van der Waals surface area contributed by atoms with Crippen LogP contribution >= 0.6 is 0 Å². The summed E-state index contributed by atoms with van der Waals surface area (Å²) < 4.78 is 5.85. The van der Waals surface area contributed by atoms with E-state index in [0.29, 0.717) is 6.61 Å². The topological polar surface area (TPSA) is 61.0 Å². The van der Waals surface area contributed by atoms with Crippen molar-refractivity contribution < 1.29 is 4.74 Å². The molecule has 2 aromatic rings. The summed E-state index contributed by atoms with van der Waals surface area (Å²) in [5, 5.41) is 0. The Hall–Kier alpha value is -1.94. The zero-order valence-electron chi connectivity index (χ0n) is 12.0. The van der Waals surface area contributed by atoms with Gasteiger partial charge < -0.3 is 10.5 Å². The molecule has 0 amide bonds. The van der Waals surface area contributed by atoms with Crippen LogP contribution in [-0.4, -0.2) is 22.6 Å². The Kier molecular flexibility index (Phi) is 5.07. The molecular formula is C16H21N3O. The number of nitrogens with zero attached hydrogens (tertiary/aromatic N) is 2. The number of aromatic nitrogens is 2. The van der Waals surface area contributed by atoms with E-state index in [-0.39, 0.29) is 6.04 Å². The van der Waals surface area contributed by atoms with Crippen LogP contribution in [0.1, 0.15) is 23.9 Å². The van der Waals surface area contributed by atoms with Crippen LogP contribution in [0.4, 0.5) is 0 Å². The van der Waals surface area contributed by atoms with Crippen molar-refractivity contribution in [1.82, 2.24) is 9.97 Å². The van der Waals surface area contributed by atoms with E-state index in [0.717, 1.165) is 30.0 Å². The largest absolute Gasteiger partial charge is 0.491 e. The Labute approximate surface area is 120 Å². The van der Waals surface area contributed by atoms with Gasteiger partial charge in [-0.05, 0) is 37.6 Å². The maximum atomic E-state index is 5.86. The molecular weight excluding hydrogens is 250 g/mol. The second-order valence-corrected chi connectivity index (χ2v) is 5.04. The molecule has 0 saturated carbocycles. The highest BCUT2D eigenvalue weighted by atomic mass is 16.5. The zero-order chi connectivity index (χ0) is 14.4. The molecule has 0 saturated heterocycles. The molecule has 4 heteroatoms. The molecule has 0 fully saturated rings. The van der Waals surface area contributed by atoms with Crippen molar-refractivity contribution in [3.63, 3.8) is 0 Å². The maximum Gasteiger partial charge on any atom is 0.140 e. The van der Waals surface area contributed by atoms with Gasteiger partial charge in [0.05, 0.1) is 12.3 Å². The van der Waals surface area contributed by atoms with Crippen molar-refractivity contribution in [2.45, 2.75) is 32.7 Å². The summed E-state index contributed by atoms with van der Waals surface area (Å²) in [5.74, 6) is 0.830. The summed E-state index contributed by atoms with van der Waals surface area (Å²) >= 11 is 0. The highest BCUT2D eigenvalue weighted by Gasteiger charge is 2.08. The summed E-state index contributed by atoms with van der Waals surface area (Å²) in [6.45, 7) is 4.57. The Morgan fingerprint density at radius 3 is 2.85 bits per heavy atom. The van der Waals surface area contributed by atoms with Gasteiger partial charge in [0.25, 0.3) is 0 Å². The van der Waals surface area contributed by atoms with Gasteiger partial charge in [0.1, 0.15) is 5.75 Å². The molecule has 4 nitrogen and oxygen atoms in total. The van der Waals surface area contributed by atoms with Crippen LogP contribution in [0.2, 0.25) is 0 Å². The first kappa shape index (κ1) is 14.5. The predicted octanol–water partition coefficient (Wildman–Crippen LogP) is 2.30. The molecule has 0 aliphatic carbocycles. The number of nitrogens with two attached hydrogens (primary N) is 1. The first-order valence-electron chi connectivity index (χ1n) is 6.89. The maximum absolute atomic E-state index is 5.86. The predicted molar refractivity (Wildman–Crippen MR) is 79.8 cm³/mol. The van der Waals surface area contributed by atoms with Crippen molar-refractivity contribution in [2.75, 3.05) is 6.61 Å². The average molecular weight is 271 g/mol. The van der Waals surface area contributed by atoms with Crippen LogP contribution in [-0.2, 0) is 12.8 Å². The first-order chi connectivity index (χ1) is 9.65. The van der Waals surface area contributed by atoms with Crippen molar-refractivity contribution >= 4 is 0 Å². The summed E-state index contributed by atoms with van der Waals surface area (Å²) in [6, 6.07) is 7.99. The zero-order valence-corrected chi connectivity index (χ0v) is 12.0. The Morgan fingerprint density at radius 2 is 2.15 bits per heavy atom. The van der Waals surface area contributed by atoms with Gasteiger partial charge in [0.15, 0.2) is 0 Å². The van der Waals surface area contributed by atoms with Gasteiger partial charge in [-0.3, -0.25) is 9.97 Å². The van der Waals surface area contributed by atoms with Gasteiger partial charge in [0, 0.05) is 37.0 Å². The minimum absolute atomic E-state index is 0.0740. The molecule has 2 aromatic heterocycles. The summed E-state index contributed by atoms with van der Waals surface area (Å²) in [6.07, 6.45) is 5.19. The standard InChI is InChI=1S/C16H21N3O/c1-12(17)10-15-16(6-5-13(2)19-15)20-9-7-14-4-3-8-18-11-14/h3-6,8,11-12H,7,9-10,17H2,1-2H3. The average Bonchev–Trinajstić information content (AvgIpc) is 2.42. The molecule has 0 radical (unpaired) electrons. The number of aryl methyl sites for hydroxylation is 1. The molecule has 2 N–H and O–H groups in total. The quantitative estimate of drug-likeness (QED) is 0.875. The monoisotopic (exact) mass is 271 g/mol. The van der Waals surface area contributed by atoms with E-state index < -0.39 is 0 Å². The third kappa shape index (κ3) is 4.31. The van der Waals surface area contributed by atoms with E-state index >= 15 is 0 Å². The van der Waals surface area contributed by atoms with E-state index in [4.69, 9.17) is 10.5 Å². The SMILES string of the molecule is Cc1ccc(OCCc2cccnc2)c(CC(C)N)n1. The van der Waals surface area contributed by atoms with Gasteiger partial charge in [-0.2, -0.15) is 0 Å². The summed E-state index contributed by atoms with van der Waals surface area (Å²) in [7, 11) is 0. The lowest BCUT2D eigenvalue weighted by atomic mass is 10.1. The van der Waals surface area contributed by atoms with E-state index in [1.807, 2.05) is 44.3 Å². The minimum Gasteiger partial charge on any atom is -0.491 e. The second-order valence-electron chi connectivity index (χ2n) is 5.04. The first-order valence-corrected chi connectivity index (χ1v) is 6.89. The van der Waals surface area contributed by atoms with Gasteiger partial charge >= 0.3 is 0 Å². The van der Waals surface area contributed by atoms with Crippen molar-refractivity contribution in [2.24, 2.45) is 5.73 Å². The van der Waals surface area contributed by atoms with Crippen molar-refractivity contribution in [3.8, 4) is 5.75 Å². The van der Waals surface area contributed by atoms with E-state index in [2.05, 4.69) is 9.97 Å². The van der Waals surface area contributed by atoms with Crippen LogP contribution in [0.25, 0.3) is 0 Å². The lowest BCUT2D eigenvalue weighted by Gasteiger charge is -2.13. The summed E-state index contributed by atoms with van der Waals surface area (Å²) in [4.78, 5) is 8.62. The molecule has 20 heavy (non-hydrogen) atoms. The molecule has 0 bridgehead atoms. The lowest BCUT2D eigenvalue weighted by Crippen LogP contribution is -2.19. The fourth-order valence-electron chi connectivity index (χ4n) is 2.01. The van der Waals surface area contributed by atoms with E-state index in [1.165, 1.54) is 5.56 Å². The van der Waals surface area contributed by atoms with Crippen LogP contribution in [0.3, 0.4) is 0 Å². The van der Waals surface area contributed by atoms with Gasteiger partial charge in [0.2, 0.25) is 0 Å². The third-order valence-electron chi connectivity index (χ3n) is 2.96. The molecule has 0 aliphatic rings. The number of pyridine rings is 2. The van der Waals surface area contributed by atoms with Crippen LogP contribution in [0, 0.1) is 6.92 Å². The van der Waals surface area contributed by atoms with E-state index in [1.54, 1.807) is 6.20 Å². The molecule has 2 heterocycles. The van der Waals surface area contributed by atoms with Gasteiger partial charge in [-0.1, -0.05) is 6.07 Å². The van der Waals surface area contributed by atoms with Crippen LogP contribution in [0.5, 0.6) is 5.75 Å². The highest BCUT2D eigenvalue weighted by molar-refractivity contribution is 5.30. The number of rotatable bonds is 6. The number of hydrogen-bond donors (Lipinski definition) is 1. The number of hydrogen-bond acceptors (Lipinski definition) is 4.